The summed E-state index contributed by atoms with van der Waals surface area (Å²) in [5, 5.41) is 59.8. The van der Waals surface area contributed by atoms with E-state index in [-0.39, 0.29) is 31.8 Å². The number of Topliss-reactive ketones (excluding diaryl/α,β-unsaturated/α-hetero) is 1. The van der Waals surface area contributed by atoms with E-state index in [1.165, 1.54) is 14.0 Å². The average Bonchev–Trinajstić information content (AvgIpc) is 3.93. The molecule has 4 aliphatic carbocycles. The molecule has 21 nitrogen and oxygen atoms in total. The van der Waals surface area contributed by atoms with Crippen molar-refractivity contribution in [2.24, 2.45) is 16.7 Å². The summed E-state index contributed by atoms with van der Waals surface area (Å²) in [5.41, 5.74) is -8.72. The van der Waals surface area contributed by atoms with Gasteiger partial charge in [-0.3, -0.25) is 4.79 Å². The monoisotopic (exact) mass is 1090 g/mol. The van der Waals surface area contributed by atoms with E-state index in [0.29, 0.717) is 44.1 Å². The fraction of sp³-hybridized carbons (Fsp3) is 0.857. The van der Waals surface area contributed by atoms with Crippen LogP contribution >= 0.6 is 0 Å². The van der Waals surface area contributed by atoms with E-state index < -0.39 is 168 Å². The van der Waals surface area contributed by atoms with Gasteiger partial charge >= 0.3 is 5.97 Å². The molecule has 0 bridgehead atoms. The molecule has 1 aromatic carbocycles. The number of benzene rings is 1. The van der Waals surface area contributed by atoms with Crippen molar-refractivity contribution in [1.29, 1.82) is 0 Å². The Morgan fingerprint density at radius 1 is 0.623 bits per heavy atom. The minimum absolute atomic E-state index is 0.0671. The highest BCUT2D eigenvalue weighted by Gasteiger charge is 2.87. The van der Waals surface area contributed by atoms with Crippen LogP contribution in [0.3, 0.4) is 0 Å². The smallest absolute Gasteiger partial charge is 0.338 e. The summed E-state index contributed by atoms with van der Waals surface area (Å²) in [4.78, 5) is 27.2. The Labute approximate surface area is 451 Å². The number of esters is 1. The lowest BCUT2D eigenvalue weighted by Gasteiger charge is -2.67. The van der Waals surface area contributed by atoms with Gasteiger partial charge in [0.25, 0.3) is 0 Å². The van der Waals surface area contributed by atoms with Crippen molar-refractivity contribution in [2.75, 3.05) is 28.4 Å². The highest BCUT2D eigenvalue weighted by molar-refractivity contribution is 5.90. The zero-order valence-corrected chi connectivity index (χ0v) is 46.4. The molecule has 1 aromatic rings. The van der Waals surface area contributed by atoms with E-state index in [0.717, 1.165) is 0 Å². The lowest BCUT2D eigenvalue weighted by Crippen LogP contribution is -2.80. The third-order valence-corrected chi connectivity index (χ3v) is 20.4. The number of epoxide rings is 1. The lowest BCUT2D eigenvalue weighted by atomic mass is 9.40. The predicted molar refractivity (Wildman–Crippen MR) is 267 cm³/mol. The second kappa shape index (κ2) is 21.4. The Morgan fingerprint density at radius 3 is 1.70 bits per heavy atom. The van der Waals surface area contributed by atoms with Gasteiger partial charge in [0.2, 0.25) is 0 Å². The molecular formula is C56H84O21. The summed E-state index contributed by atoms with van der Waals surface area (Å²) in [6.45, 7) is 12.3. The second-order valence-electron chi connectivity index (χ2n) is 24.1. The number of hydrogen-bond acceptors (Lipinski definition) is 21. The van der Waals surface area contributed by atoms with Crippen molar-refractivity contribution >= 4 is 11.8 Å². The molecule has 21 heteroatoms. The number of ketones is 1. The number of methoxy groups -OCH3 is 4. The van der Waals surface area contributed by atoms with Crippen molar-refractivity contribution in [2.45, 2.75) is 258 Å². The van der Waals surface area contributed by atoms with Crippen molar-refractivity contribution in [1.82, 2.24) is 0 Å². The Bertz CT molecular complexity index is 2260. The standard InChI is InChI=1S/C56H84O21/c1-27-43(58)48(67-11)44(59)50(71-27)76-47-30(4)70-42(23-36(47)66-10)75-46-29(3)69-41(22-35(46)65-9)74-45-28(2)68-40(21-34(45)64-8)72-33-17-18-51(6)37-24-38(73-49(60)32-15-13-12-14-16-32)52(7)53(61,31(5)57)19-20-56(52,63)54(37,62)26-39-55(51,25-33)77-39/h12-16,27-30,33-48,50,58-59,61-63H,17-26H2,1-11H3. The van der Waals surface area contributed by atoms with E-state index in [1.807, 2.05) is 20.8 Å². The maximum Gasteiger partial charge on any atom is 0.338 e. The van der Waals surface area contributed by atoms with E-state index in [2.05, 4.69) is 6.92 Å². The number of aliphatic hydroxyl groups excluding tert-OH is 2. The van der Waals surface area contributed by atoms with Crippen LogP contribution in [-0.2, 0) is 71.1 Å². The fourth-order valence-corrected chi connectivity index (χ4v) is 15.9. The second-order valence-corrected chi connectivity index (χ2v) is 24.1. The number of carbonyl (C=O) groups excluding carboxylic acids is 2. The predicted octanol–water partition coefficient (Wildman–Crippen LogP) is 3.02. The van der Waals surface area contributed by atoms with E-state index in [4.69, 9.17) is 66.3 Å². The first kappa shape index (κ1) is 57.9. The normalized spacial score (nSPS) is 52.3. The molecule has 434 valence electrons. The van der Waals surface area contributed by atoms with Crippen LogP contribution in [0.25, 0.3) is 0 Å². The minimum atomic E-state index is -2.06. The average molecular weight is 1090 g/mol. The molecular weight excluding hydrogens is 1010 g/mol. The van der Waals surface area contributed by atoms with Crippen molar-refractivity contribution in [3.63, 3.8) is 0 Å². The Kier molecular flexibility index (Phi) is 16.1. The van der Waals surface area contributed by atoms with Crippen LogP contribution in [0.15, 0.2) is 30.3 Å². The highest BCUT2D eigenvalue weighted by Crippen LogP contribution is 2.77. The molecule has 0 aromatic heterocycles. The molecule has 10 rings (SSSR count). The quantitative estimate of drug-likeness (QED) is 0.0960. The molecule has 5 N–H and O–H groups in total. The van der Waals surface area contributed by atoms with Gasteiger partial charge in [-0.15, -0.1) is 0 Å². The molecule has 77 heavy (non-hydrogen) atoms. The molecule has 27 unspecified atom stereocenters. The molecule has 9 aliphatic rings. The van der Waals surface area contributed by atoms with Gasteiger partial charge in [0, 0.05) is 71.9 Å². The van der Waals surface area contributed by atoms with Crippen LogP contribution in [0.4, 0.5) is 0 Å². The fourth-order valence-electron chi connectivity index (χ4n) is 15.9. The number of carbonyl (C=O) groups is 2. The van der Waals surface area contributed by atoms with Gasteiger partial charge in [-0.05, 0) is 85.8 Å². The Morgan fingerprint density at radius 2 is 1.17 bits per heavy atom. The summed E-state index contributed by atoms with van der Waals surface area (Å²) in [5.74, 6) is -1.83. The van der Waals surface area contributed by atoms with Gasteiger partial charge in [-0.25, -0.2) is 4.79 Å². The zero-order valence-electron chi connectivity index (χ0n) is 46.4. The van der Waals surface area contributed by atoms with Crippen molar-refractivity contribution in [3.05, 3.63) is 35.9 Å². The number of aliphatic hydroxyl groups is 5. The number of ether oxygens (including phenoxy) is 14. The first-order chi connectivity index (χ1) is 36.5. The first-order valence-corrected chi connectivity index (χ1v) is 27.8. The molecule has 9 fully saturated rings. The highest BCUT2D eigenvalue weighted by atomic mass is 16.8. The van der Waals surface area contributed by atoms with Crippen LogP contribution in [0.5, 0.6) is 0 Å². The van der Waals surface area contributed by atoms with Crippen LogP contribution < -0.4 is 0 Å². The number of hydrogen-bond donors (Lipinski definition) is 5. The van der Waals surface area contributed by atoms with Gasteiger partial charge in [0.1, 0.15) is 65.1 Å². The Hall–Kier alpha value is -2.36. The molecule has 0 amide bonds. The lowest BCUT2D eigenvalue weighted by molar-refractivity contribution is -0.356. The summed E-state index contributed by atoms with van der Waals surface area (Å²) in [7, 11) is 6.23. The maximum absolute atomic E-state index is 13.8. The summed E-state index contributed by atoms with van der Waals surface area (Å²) >= 11 is 0. The van der Waals surface area contributed by atoms with Crippen LogP contribution in [0.1, 0.15) is 123 Å². The number of rotatable bonds is 15. The maximum atomic E-state index is 13.8. The molecule has 5 saturated heterocycles. The third kappa shape index (κ3) is 9.30. The molecule has 1 spiro atoms. The van der Waals surface area contributed by atoms with Crippen molar-refractivity contribution in [3.8, 4) is 0 Å². The van der Waals surface area contributed by atoms with Gasteiger partial charge < -0.3 is 91.8 Å². The van der Waals surface area contributed by atoms with E-state index >= 15 is 0 Å². The van der Waals surface area contributed by atoms with Gasteiger partial charge in [-0.2, -0.15) is 0 Å². The topological polar surface area (TPSA) is 268 Å². The van der Waals surface area contributed by atoms with E-state index in [9.17, 15) is 35.1 Å². The third-order valence-electron chi connectivity index (χ3n) is 20.4. The van der Waals surface area contributed by atoms with Crippen LogP contribution in [0, 0.1) is 16.7 Å². The zero-order chi connectivity index (χ0) is 55.4. The molecule has 0 radical (unpaired) electrons. The molecule has 27 atom stereocenters. The SMILES string of the molecule is COC1CC(OC2CCC3(C)C4CC(OC(=O)c5ccccc5)C5(C)C(O)(C(C)=O)CCC5(O)C4(O)CC4OC43C2)OC(C)C1OC1CC(OC)C(OC2CC(OC)C(OC3OC(C)C(O)C(OC)C3O)C(C)O2)C(C)O1. The van der Waals surface area contributed by atoms with E-state index in [1.54, 1.807) is 65.5 Å². The molecule has 5 aliphatic heterocycles. The van der Waals surface area contributed by atoms with Crippen LogP contribution in [0.2, 0.25) is 0 Å². The van der Waals surface area contributed by atoms with Gasteiger partial charge in [0.05, 0.1) is 65.9 Å². The summed E-state index contributed by atoms with van der Waals surface area (Å²) < 4.78 is 87.9. The van der Waals surface area contributed by atoms with Gasteiger partial charge in [-0.1, -0.05) is 25.1 Å². The Balaban J connectivity index is 0.759. The number of fused-ring (bicyclic) bond motifs is 4. The minimum Gasteiger partial charge on any atom is -0.458 e. The van der Waals surface area contributed by atoms with Crippen molar-refractivity contribution < 1.29 is 101 Å². The molecule has 5 heterocycles. The van der Waals surface area contributed by atoms with Gasteiger partial charge in [0.15, 0.2) is 30.9 Å². The van der Waals surface area contributed by atoms with Crippen LogP contribution in [-0.4, -0.2) is 211 Å². The summed E-state index contributed by atoms with van der Waals surface area (Å²) in [6, 6.07) is 8.49. The first-order valence-electron chi connectivity index (χ1n) is 27.8. The largest absolute Gasteiger partial charge is 0.458 e. The summed E-state index contributed by atoms with van der Waals surface area (Å²) in [6.07, 6.45) is -10.8. The molecule has 4 saturated carbocycles.